The van der Waals surface area contributed by atoms with Gasteiger partial charge in [-0.3, -0.25) is 9.59 Å². The van der Waals surface area contributed by atoms with Gasteiger partial charge in [0, 0.05) is 24.4 Å². The molecule has 4 aromatic rings. The zero-order valence-corrected chi connectivity index (χ0v) is 18.6. The summed E-state index contributed by atoms with van der Waals surface area (Å²) in [4.78, 5) is 31.8. The van der Waals surface area contributed by atoms with Crippen LogP contribution < -0.4 is 10.2 Å². The van der Waals surface area contributed by atoms with Crippen molar-refractivity contribution in [2.24, 2.45) is 0 Å². The smallest absolute Gasteiger partial charge is 0.237 e. The number of anilines is 2. The Morgan fingerprint density at radius 2 is 1.94 bits per heavy atom. The number of amides is 2. The minimum absolute atomic E-state index is 0.0988. The highest BCUT2D eigenvalue weighted by molar-refractivity contribution is 7.99. The first-order valence-electron chi connectivity index (χ1n) is 10.5. The van der Waals surface area contributed by atoms with Crippen molar-refractivity contribution in [3.63, 3.8) is 0 Å². The van der Waals surface area contributed by atoms with Crippen molar-refractivity contribution < 1.29 is 9.59 Å². The molecular formula is C23H22N6O2S. The monoisotopic (exact) mass is 446 g/mol. The minimum Gasteiger partial charge on any atom is -0.324 e. The van der Waals surface area contributed by atoms with Crippen LogP contribution in [0.5, 0.6) is 0 Å². The standard InChI is InChI=1S/C23H22N6O2S/c1-3-28-17-10-6-4-8-15(17)21-22(28)25-23(27-26-21)32-13-20(31)29-14(2)12-19(30)24-16-9-5-7-11-18(16)29/h4-11,14H,3,12-13H2,1-2H3,(H,24,30)/t14-/m1/s1. The van der Waals surface area contributed by atoms with E-state index in [2.05, 4.69) is 27.0 Å². The van der Waals surface area contributed by atoms with Gasteiger partial charge < -0.3 is 14.8 Å². The topological polar surface area (TPSA) is 93.0 Å². The highest BCUT2D eigenvalue weighted by atomic mass is 32.2. The van der Waals surface area contributed by atoms with Crippen LogP contribution in [0.3, 0.4) is 0 Å². The van der Waals surface area contributed by atoms with E-state index in [1.807, 2.05) is 55.5 Å². The number of nitrogens with zero attached hydrogens (tertiary/aromatic N) is 5. The van der Waals surface area contributed by atoms with E-state index in [1.54, 1.807) is 4.90 Å². The number of benzene rings is 2. The van der Waals surface area contributed by atoms with Gasteiger partial charge in [0.1, 0.15) is 5.52 Å². The molecule has 8 nitrogen and oxygen atoms in total. The van der Waals surface area contributed by atoms with Crippen LogP contribution in [0.25, 0.3) is 22.1 Å². The van der Waals surface area contributed by atoms with Gasteiger partial charge in [-0.15, -0.1) is 10.2 Å². The third-order valence-corrected chi connectivity index (χ3v) is 6.45. The predicted octanol–water partition coefficient (Wildman–Crippen LogP) is 3.86. The summed E-state index contributed by atoms with van der Waals surface area (Å²) in [7, 11) is 0. The number of nitrogens with one attached hydrogen (secondary N) is 1. The molecule has 1 N–H and O–H groups in total. The molecule has 0 unspecified atom stereocenters. The van der Waals surface area contributed by atoms with Gasteiger partial charge in [0.2, 0.25) is 17.0 Å². The quantitative estimate of drug-likeness (QED) is 0.479. The van der Waals surface area contributed by atoms with E-state index in [4.69, 9.17) is 4.98 Å². The van der Waals surface area contributed by atoms with Crippen molar-refractivity contribution in [1.29, 1.82) is 0 Å². The lowest BCUT2D eigenvalue weighted by molar-refractivity contribution is -0.117. The molecule has 9 heteroatoms. The van der Waals surface area contributed by atoms with Crippen LogP contribution >= 0.6 is 11.8 Å². The van der Waals surface area contributed by atoms with Crippen LogP contribution in [0.15, 0.2) is 53.7 Å². The first-order valence-corrected chi connectivity index (χ1v) is 11.5. The van der Waals surface area contributed by atoms with E-state index in [1.165, 1.54) is 11.8 Å². The number of aryl methyl sites for hydroxylation is 1. The summed E-state index contributed by atoms with van der Waals surface area (Å²) in [6.45, 7) is 4.71. The summed E-state index contributed by atoms with van der Waals surface area (Å²) in [5, 5.41) is 13.0. The van der Waals surface area contributed by atoms with Crippen molar-refractivity contribution in [2.75, 3.05) is 16.0 Å². The third kappa shape index (κ3) is 3.48. The molecule has 1 aliphatic rings. The molecule has 0 saturated carbocycles. The first-order chi connectivity index (χ1) is 15.6. The number of rotatable bonds is 4. The molecule has 5 rings (SSSR count). The van der Waals surface area contributed by atoms with E-state index < -0.39 is 0 Å². The molecule has 2 amide bonds. The molecule has 1 atom stereocenters. The van der Waals surface area contributed by atoms with Gasteiger partial charge in [0.15, 0.2) is 5.65 Å². The van der Waals surface area contributed by atoms with Crippen LogP contribution in [0.1, 0.15) is 20.3 Å². The lowest BCUT2D eigenvalue weighted by Gasteiger charge is -2.27. The fourth-order valence-electron chi connectivity index (χ4n) is 4.23. The van der Waals surface area contributed by atoms with Crippen LogP contribution in [0.4, 0.5) is 11.4 Å². The Hall–Kier alpha value is -3.46. The van der Waals surface area contributed by atoms with Crippen LogP contribution in [-0.2, 0) is 16.1 Å². The zero-order chi connectivity index (χ0) is 22.2. The van der Waals surface area contributed by atoms with Crippen LogP contribution in [-0.4, -0.2) is 43.4 Å². The summed E-state index contributed by atoms with van der Waals surface area (Å²) in [5.74, 6) is -0.0590. The highest BCUT2D eigenvalue weighted by Crippen LogP contribution is 2.32. The molecule has 2 aromatic carbocycles. The Balaban J connectivity index is 1.42. The molecule has 0 spiro atoms. The van der Waals surface area contributed by atoms with Crippen molar-refractivity contribution in [1.82, 2.24) is 19.7 Å². The fourth-order valence-corrected chi connectivity index (χ4v) is 4.88. The molecule has 0 aliphatic carbocycles. The molecule has 0 radical (unpaired) electrons. The lowest BCUT2D eigenvalue weighted by Crippen LogP contribution is -2.40. The van der Waals surface area contributed by atoms with Crippen LogP contribution in [0.2, 0.25) is 0 Å². The van der Waals surface area contributed by atoms with Gasteiger partial charge in [-0.25, -0.2) is 4.98 Å². The molecule has 2 aromatic heterocycles. The van der Waals surface area contributed by atoms with Crippen molar-refractivity contribution in [2.45, 2.75) is 38.0 Å². The second kappa shape index (κ2) is 8.23. The summed E-state index contributed by atoms with van der Waals surface area (Å²) >= 11 is 1.26. The SMILES string of the molecule is CCn1c2ccccc2c2nnc(SCC(=O)N3c4ccccc4NC(=O)C[C@H]3C)nc21. The molecule has 0 saturated heterocycles. The van der Waals surface area contributed by atoms with Crippen molar-refractivity contribution in [3.05, 3.63) is 48.5 Å². The maximum Gasteiger partial charge on any atom is 0.237 e. The highest BCUT2D eigenvalue weighted by Gasteiger charge is 2.29. The molecule has 1 aliphatic heterocycles. The summed E-state index contributed by atoms with van der Waals surface area (Å²) in [6.07, 6.45) is 0.242. The normalized spacial score (nSPS) is 16.1. The minimum atomic E-state index is -0.254. The number of aromatic nitrogens is 4. The molecule has 0 bridgehead atoms. The van der Waals surface area contributed by atoms with E-state index in [-0.39, 0.29) is 30.0 Å². The van der Waals surface area contributed by atoms with Gasteiger partial charge in [0.05, 0.1) is 22.6 Å². The number of fused-ring (bicyclic) bond motifs is 4. The molecule has 3 heterocycles. The molecule has 32 heavy (non-hydrogen) atoms. The van der Waals surface area contributed by atoms with Crippen LogP contribution in [0, 0.1) is 0 Å². The van der Waals surface area contributed by atoms with Gasteiger partial charge in [0.25, 0.3) is 0 Å². The third-order valence-electron chi connectivity index (χ3n) is 5.62. The van der Waals surface area contributed by atoms with E-state index >= 15 is 0 Å². The maximum atomic E-state index is 13.2. The Labute approximate surface area is 189 Å². The van der Waals surface area contributed by atoms with E-state index in [0.717, 1.165) is 28.6 Å². The van der Waals surface area contributed by atoms with Gasteiger partial charge in [-0.1, -0.05) is 42.1 Å². The number of hydrogen-bond acceptors (Lipinski definition) is 6. The van der Waals surface area contributed by atoms with Gasteiger partial charge in [-0.05, 0) is 32.0 Å². The summed E-state index contributed by atoms with van der Waals surface area (Å²) < 4.78 is 2.11. The number of carbonyl (C=O) groups excluding carboxylic acids is 2. The first kappa shape index (κ1) is 20.4. The number of carbonyl (C=O) groups is 2. The second-order valence-electron chi connectivity index (χ2n) is 7.70. The Morgan fingerprint density at radius 1 is 1.16 bits per heavy atom. The Bertz CT molecular complexity index is 1350. The Morgan fingerprint density at radius 3 is 2.78 bits per heavy atom. The second-order valence-corrected chi connectivity index (χ2v) is 8.64. The van der Waals surface area contributed by atoms with Crippen molar-refractivity contribution in [3.8, 4) is 0 Å². The predicted molar refractivity (Wildman–Crippen MR) is 126 cm³/mol. The maximum absolute atomic E-state index is 13.2. The largest absolute Gasteiger partial charge is 0.324 e. The summed E-state index contributed by atoms with van der Waals surface area (Å²) in [6, 6.07) is 15.1. The molecule has 162 valence electrons. The number of thioether (sulfide) groups is 1. The van der Waals surface area contributed by atoms with Crippen molar-refractivity contribution >= 4 is 57.0 Å². The fraction of sp³-hybridized carbons (Fsp3) is 0.261. The summed E-state index contributed by atoms with van der Waals surface area (Å²) in [5.41, 5.74) is 3.95. The Kier molecular flexibility index (Phi) is 5.26. The molecule has 0 fully saturated rings. The van der Waals surface area contributed by atoms with E-state index in [0.29, 0.717) is 16.5 Å². The van der Waals surface area contributed by atoms with Gasteiger partial charge >= 0.3 is 0 Å². The number of para-hydroxylation sites is 3. The van der Waals surface area contributed by atoms with E-state index in [9.17, 15) is 9.59 Å². The zero-order valence-electron chi connectivity index (χ0n) is 17.8. The average molecular weight is 447 g/mol. The molecular weight excluding hydrogens is 424 g/mol. The average Bonchev–Trinajstić information content (AvgIpc) is 3.04. The van der Waals surface area contributed by atoms with Gasteiger partial charge in [-0.2, -0.15) is 0 Å². The number of hydrogen-bond donors (Lipinski definition) is 1. The lowest BCUT2D eigenvalue weighted by atomic mass is 10.2.